The number of hydrogen-bond donors (Lipinski definition) is 1. The summed E-state index contributed by atoms with van der Waals surface area (Å²) in [6.07, 6.45) is 3.21. The van der Waals surface area contributed by atoms with E-state index in [2.05, 4.69) is 30.7 Å². The molecule has 1 amide bonds. The van der Waals surface area contributed by atoms with Gasteiger partial charge in [0.25, 0.3) is 0 Å². The Morgan fingerprint density at radius 2 is 2.00 bits per heavy atom. The third-order valence-electron chi connectivity index (χ3n) is 3.78. The van der Waals surface area contributed by atoms with E-state index >= 15 is 0 Å². The second kappa shape index (κ2) is 6.99. The molecule has 1 aliphatic heterocycles. The average molecular weight is 414 g/mol. The van der Waals surface area contributed by atoms with Crippen LogP contribution in [0.1, 0.15) is 12.5 Å². The first-order valence-corrected chi connectivity index (χ1v) is 9.60. The Kier molecular flexibility index (Phi) is 4.97. The van der Waals surface area contributed by atoms with Crippen LogP contribution in [0.3, 0.4) is 0 Å². The number of benzene rings is 1. The summed E-state index contributed by atoms with van der Waals surface area (Å²) in [5.41, 5.74) is 0. The topological polar surface area (TPSA) is 97.2 Å². The van der Waals surface area contributed by atoms with Crippen LogP contribution in [0.25, 0.3) is 0 Å². The Morgan fingerprint density at radius 1 is 1.29 bits per heavy atom. The maximum absolute atomic E-state index is 12.1. The quantitative estimate of drug-likeness (QED) is 0.754. The van der Waals surface area contributed by atoms with E-state index < -0.39 is 10.0 Å². The number of carbonyl (C=O) groups excluding carboxylic acids is 1. The number of sulfonamides is 1. The van der Waals surface area contributed by atoms with Gasteiger partial charge in [-0.05, 0) is 24.3 Å². The average Bonchev–Trinajstić information content (AvgIpc) is 3.00. The molecule has 0 unspecified atom stereocenters. The Balaban J connectivity index is 1.45. The minimum atomic E-state index is -3.60. The lowest BCUT2D eigenvalue weighted by Gasteiger charge is -2.39. The molecule has 0 aliphatic carbocycles. The maximum atomic E-state index is 12.1. The van der Waals surface area contributed by atoms with Gasteiger partial charge in [-0.1, -0.05) is 15.9 Å². The minimum absolute atomic E-state index is 0.0712. The largest absolute Gasteiger partial charge is 0.338 e. The summed E-state index contributed by atoms with van der Waals surface area (Å²) in [5.74, 6) is -0.0788. The normalized spacial score (nSPS) is 15.3. The van der Waals surface area contributed by atoms with Gasteiger partial charge in [0.1, 0.15) is 12.7 Å². The minimum Gasteiger partial charge on any atom is -0.338 e. The summed E-state index contributed by atoms with van der Waals surface area (Å²) in [7, 11) is -3.60. The summed E-state index contributed by atoms with van der Waals surface area (Å²) in [6, 6.07) is 6.48. The molecule has 0 spiro atoms. The highest BCUT2D eigenvalue weighted by molar-refractivity contribution is 9.10. The fourth-order valence-corrected chi connectivity index (χ4v) is 3.68. The van der Waals surface area contributed by atoms with Crippen LogP contribution >= 0.6 is 15.9 Å². The molecular weight excluding hydrogens is 398 g/mol. The summed E-state index contributed by atoms with van der Waals surface area (Å²) in [4.78, 5) is 17.8. The molecular formula is C14H16BrN5O3S. The van der Waals surface area contributed by atoms with Crippen LogP contribution in [0.4, 0.5) is 0 Å². The second-order valence-corrected chi connectivity index (χ2v) is 8.11. The van der Waals surface area contributed by atoms with Gasteiger partial charge in [0.2, 0.25) is 15.9 Å². The van der Waals surface area contributed by atoms with Gasteiger partial charge in [-0.25, -0.2) is 22.8 Å². The van der Waals surface area contributed by atoms with Crippen molar-refractivity contribution < 1.29 is 13.2 Å². The van der Waals surface area contributed by atoms with Gasteiger partial charge < -0.3 is 4.90 Å². The van der Waals surface area contributed by atoms with E-state index in [4.69, 9.17) is 0 Å². The first-order valence-electron chi connectivity index (χ1n) is 7.33. The Bertz CT molecular complexity index is 801. The molecule has 2 heterocycles. The standard InChI is InChI=1S/C14H16BrN5O3S/c15-11-1-3-13(4-2-11)24(22,23)18-6-5-14(21)19-7-12(8-19)20-10-16-9-17-20/h1-4,9-10,12,18H,5-8H2. The molecule has 2 aromatic rings. The third-order valence-corrected chi connectivity index (χ3v) is 5.79. The van der Waals surface area contributed by atoms with Crippen molar-refractivity contribution in [3.05, 3.63) is 41.4 Å². The lowest BCUT2D eigenvalue weighted by atomic mass is 10.1. The van der Waals surface area contributed by atoms with E-state index in [9.17, 15) is 13.2 Å². The van der Waals surface area contributed by atoms with Gasteiger partial charge in [0.05, 0.1) is 10.9 Å². The molecule has 1 N–H and O–H groups in total. The molecule has 128 valence electrons. The first-order chi connectivity index (χ1) is 11.5. The van der Waals surface area contributed by atoms with E-state index in [1.54, 1.807) is 28.0 Å². The van der Waals surface area contributed by atoms with Crippen molar-refractivity contribution in [1.29, 1.82) is 0 Å². The number of aromatic nitrogens is 3. The molecule has 10 heteroatoms. The van der Waals surface area contributed by atoms with Gasteiger partial charge in [-0.2, -0.15) is 5.10 Å². The Hall–Kier alpha value is -1.78. The zero-order valence-electron chi connectivity index (χ0n) is 12.7. The monoisotopic (exact) mass is 413 g/mol. The Morgan fingerprint density at radius 3 is 2.62 bits per heavy atom. The molecule has 1 aromatic carbocycles. The molecule has 1 saturated heterocycles. The number of nitrogens with zero attached hydrogens (tertiary/aromatic N) is 4. The van der Waals surface area contributed by atoms with Crippen LogP contribution in [-0.2, 0) is 14.8 Å². The molecule has 0 atom stereocenters. The summed E-state index contributed by atoms with van der Waals surface area (Å²) < 4.78 is 29.2. The van der Waals surface area contributed by atoms with Crippen LogP contribution in [0.2, 0.25) is 0 Å². The van der Waals surface area contributed by atoms with Crippen molar-refractivity contribution >= 4 is 31.9 Å². The molecule has 0 saturated carbocycles. The second-order valence-electron chi connectivity index (χ2n) is 5.43. The van der Waals surface area contributed by atoms with Gasteiger partial charge >= 0.3 is 0 Å². The van der Waals surface area contributed by atoms with Crippen LogP contribution in [0, 0.1) is 0 Å². The van der Waals surface area contributed by atoms with E-state index in [1.807, 2.05) is 0 Å². The van der Waals surface area contributed by atoms with Crippen molar-refractivity contribution in [2.45, 2.75) is 17.4 Å². The molecule has 8 nitrogen and oxygen atoms in total. The van der Waals surface area contributed by atoms with Crippen molar-refractivity contribution in [2.75, 3.05) is 19.6 Å². The predicted octanol–water partition coefficient (Wildman–Crippen LogP) is 0.792. The fourth-order valence-electron chi connectivity index (χ4n) is 2.38. The zero-order valence-corrected chi connectivity index (χ0v) is 15.1. The van der Waals surface area contributed by atoms with Crippen molar-refractivity contribution in [1.82, 2.24) is 24.4 Å². The summed E-state index contributed by atoms with van der Waals surface area (Å²) in [5, 5.41) is 4.04. The smallest absolute Gasteiger partial charge is 0.240 e. The van der Waals surface area contributed by atoms with Crippen LogP contribution in [-0.4, -0.2) is 53.6 Å². The highest BCUT2D eigenvalue weighted by atomic mass is 79.9. The number of hydrogen-bond acceptors (Lipinski definition) is 5. The van der Waals surface area contributed by atoms with Crippen LogP contribution < -0.4 is 4.72 Å². The first kappa shape index (κ1) is 17.1. The number of carbonyl (C=O) groups is 1. The van der Waals surface area contributed by atoms with Crippen molar-refractivity contribution in [3.63, 3.8) is 0 Å². The van der Waals surface area contributed by atoms with E-state index in [1.165, 1.54) is 18.5 Å². The fraction of sp³-hybridized carbons (Fsp3) is 0.357. The third kappa shape index (κ3) is 3.82. The zero-order chi connectivity index (χ0) is 17.2. The van der Waals surface area contributed by atoms with Gasteiger partial charge in [-0.15, -0.1) is 0 Å². The molecule has 1 aromatic heterocycles. The molecule has 24 heavy (non-hydrogen) atoms. The van der Waals surface area contributed by atoms with Gasteiger partial charge in [-0.3, -0.25) is 4.79 Å². The van der Waals surface area contributed by atoms with E-state index in [0.29, 0.717) is 13.1 Å². The van der Waals surface area contributed by atoms with Crippen molar-refractivity contribution in [2.24, 2.45) is 0 Å². The molecule has 1 aliphatic rings. The number of rotatable bonds is 6. The molecule has 0 radical (unpaired) electrons. The SMILES string of the molecule is O=C(CCNS(=O)(=O)c1ccc(Br)cc1)N1CC(n2cncn2)C1. The number of nitrogens with one attached hydrogen (secondary N) is 1. The maximum Gasteiger partial charge on any atom is 0.240 e. The summed E-state index contributed by atoms with van der Waals surface area (Å²) >= 11 is 3.26. The number of amides is 1. The molecule has 1 fully saturated rings. The van der Waals surface area contributed by atoms with Gasteiger partial charge in [0, 0.05) is 30.5 Å². The number of likely N-dealkylation sites (tertiary alicyclic amines) is 1. The van der Waals surface area contributed by atoms with E-state index in [0.717, 1.165) is 4.47 Å². The molecule has 0 bridgehead atoms. The van der Waals surface area contributed by atoms with Crippen molar-refractivity contribution in [3.8, 4) is 0 Å². The summed E-state index contributed by atoms with van der Waals surface area (Å²) in [6.45, 7) is 1.21. The number of halogens is 1. The van der Waals surface area contributed by atoms with Gasteiger partial charge in [0.15, 0.2) is 0 Å². The van der Waals surface area contributed by atoms with Crippen LogP contribution in [0.5, 0.6) is 0 Å². The lowest BCUT2D eigenvalue weighted by Crippen LogP contribution is -2.51. The Labute approximate surface area is 148 Å². The lowest BCUT2D eigenvalue weighted by molar-refractivity contribution is -0.137. The highest BCUT2D eigenvalue weighted by Gasteiger charge is 2.32. The highest BCUT2D eigenvalue weighted by Crippen LogP contribution is 2.20. The van der Waals surface area contributed by atoms with E-state index in [-0.39, 0.29) is 29.8 Å². The molecule has 3 rings (SSSR count). The predicted molar refractivity (Wildman–Crippen MR) is 89.6 cm³/mol. The van der Waals surface area contributed by atoms with Crippen LogP contribution in [0.15, 0.2) is 46.3 Å².